The molecule has 4 rings (SSSR count). The maximum absolute atomic E-state index is 12.9. The first-order chi connectivity index (χ1) is 14.5. The first kappa shape index (κ1) is 21.4. The van der Waals surface area contributed by atoms with Gasteiger partial charge >= 0.3 is 0 Å². The number of nitrogens with zero attached hydrogens (tertiary/aromatic N) is 3. The van der Waals surface area contributed by atoms with E-state index < -0.39 is 5.41 Å². The minimum absolute atomic E-state index is 0.0492. The van der Waals surface area contributed by atoms with Gasteiger partial charge in [-0.3, -0.25) is 9.69 Å². The second kappa shape index (κ2) is 9.13. The maximum atomic E-state index is 12.9. The third-order valence-corrected chi connectivity index (χ3v) is 7.04. The zero-order valence-corrected chi connectivity index (χ0v) is 18.8. The van der Waals surface area contributed by atoms with Crippen LogP contribution < -0.4 is 10.2 Å². The van der Waals surface area contributed by atoms with E-state index in [0.29, 0.717) is 10.0 Å². The Labute approximate surface area is 188 Å². The Kier molecular flexibility index (Phi) is 6.51. The lowest BCUT2D eigenvalue weighted by Gasteiger charge is -2.35. The summed E-state index contributed by atoms with van der Waals surface area (Å²) in [5.41, 5.74) is 1.16. The number of unbranched alkanes of at least 4 members (excludes halogenated alkanes) is 1. The van der Waals surface area contributed by atoms with E-state index in [1.165, 1.54) is 0 Å². The number of hydrogen-bond donors (Lipinski definition) is 1. The summed E-state index contributed by atoms with van der Waals surface area (Å²) in [6, 6.07) is 9.66. The zero-order valence-electron chi connectivity index (χ0n) is 17.3. The fourth-order valence-corrected chi connectivity index (χ4v) is 5.25. The molecule has 160 valence electrons. The van der Waals surface area contributed by atoms with Crippen molar-refractivity contribution < 1.29 is 4.79 Å². The molecule has 0 aliphatic carbocycles. The Hall–Kier alpha value is -1.82. The minimum atomic E-state index is -0.526. The van der Waals surface area contributed by atoms with E-state index in [0.717, 1.165) is 75.5 Å². The van der Waals surface area contributed by atoms with Crippen LogP contribution in [0.15, 0.2) is 36.5 Å². The van der Waals surface area contributed by atoms with Gasteiger partial charge in [0.05, 0.1) is 16.1 Å². The summed E-state index contributed by atoms with van der Waals surface area (Å²) >= 11 is 12.6. The molecular formula is C23H28Cl2N4O. The molecule has 0 bridgehead atoms. The van der Waals surface area contributed by atoms with Crippen LogP contribution in [0.3, 0.4) is 0 Å². The second-order valence-corrected chi connectivity index (χ2v) is 9.02. The first-order valence-electron chi connectivity index (χ1n) is 10.7. The van der Waals surface area contributed by atoms with Crippen LogP contribution in [0, 0.1) is 0 Å². The number of carbonyl (C=O) groups excluding carboxylic acids is 1. The second-order valence-electron chi connectivity index (χ2n) is 8.17. The van der Waals surface area contributed by atoms with Gasteiger partial charge in [0.15, 0.2) is 0 Å². The normalized spacial score (nSPS) is 21.6. The van der Waals surface area contributed by atoms with Crippen molar-refractivity contribution in [3.05, 3.63) is 52.1 Å². The molecule has 1 N–H and O–H groups in total. The Morgan fingerprint density at radius 2 is 1.93 bits per heavy atom. The Morgan fingerprint density at radius 3 is 2.63 bits per heavy atom. The Bertz CT molecular complexity index is 900. The molecule has 0 saturated carbocycles. The lowest BCUT2D eigenvalue weighted by molar-refractivity contribution is -0.121. The van der Waals surface area contributed by atoms with Gasteiger partial charge in [0.1, 0.15) is 5.82 Å². The van der Waals surface area contributed by atoms with E-state index in [9.17, 15) is 4.79 Å². The number of benzene rings is 1. The van der Waals surface area contributed by atoms with Crippen LogP contribution in [0.1, 0.15) is 38.2 Å². The number of fused-ring (bicyclic) bond motifs is 1. The molecule has 1 amide bonds. The third-order valence-electron chi connectivity index (χ3n) is 6.52. The predicted molar refractivity (Wildman–Crippen MR) is 124 cm³/mol. The van der Waals surface area contributed by atoms with E-state index in [-0.39, 0.29) is 5.91 Å². The molecule has 0 spiro atoms. The number of rotatable bonds is 7. The smallest absolute Gasteiger partial charge is 0.235 e. The number of halogens is 2. The average Bonchev–Trinajstić information content (AvgIpc) is 3.04. The third kappa shape index (κ3) is 4.16. The summed E-state index contributed by atoms with van der Waals surface area (Å²) in [7, 11) is 0. The van der Waals surface area contributed by atoms with Gasteiger partial charge < -0.3 is 10.2 Å². The molecule has 1 unspecified atom stereocenters. The summed E-state index contributed by atoms with van der Waals surface area (Å²) < 4.78 is 0. The van der Waals surface area contributed by atoms with E-state index in [2.05, 4.69) is 33.1 Å². The van der Waals surface area contributed by atoms with Gasteiger partial charge in [-0.25, -0.2) is 4.98 Å². The highest BCUT2D eigenvalue weighted by atomic mass is 35.5. The summed E-state index contributed by atoms with van der Waals surface area (Å²) in [6.07, 6.45) is 5.47. The quantitative estimate of drug-likeness (QED) is 0.609. The molecule has 30 heavy (non-hydrogen) atoms. The van der Waals surface area contributed by atoms with E-state index >= 15 is 0 Å². The monoisotopic (exact) mass is 446 g/mol. The van der Waals surface area contributed by atoms with Crippen molar-refractivity contribution in [3.63, 3.8) is 0 Å². The van der Waals surface area contributed by atoms with Gasteiger partial charge in [-0.2, -0.15) is 0 Å². The lowest BCUT2D eigenvalue weighted by Crippen LogP contribution is -2.47. The largest absolute Gasteiger partial charge is 0.354 e. The van der Waals surface area contributed by atoms with Gasteiger partial charge in [-0.05, 0) is 55.6 Å². The van der Waals surface area contributed by atoms with E-state index in [4.69, 9.17) is 23.2 Å². The number of nitrogens with one attached hydrogen (secondary N) is 1. The minimum Gasteiger partial charge on any atom is -0.354 e. The highest BCUT2D eigenvalue weighted by Crippen LogP contribution is 2.47. The summed E-state index contributed by atoms with van der Waals surface area (Å²) in [4.78, 5) is 22.2. The lowest BCUT2D eigenvalue weighted by atomic mass is 9.75. The maximum Gasteiger partial charge on any atom is 0.235 e. The van der Waals surface area contributed by atoms with Crippen LogP contribution in [0.2, 0.25) is 10.0 Å². The zero-order chi connectivity index (χ0) is 21.1. The predicted octanol–water partition coefficient (Wildman–Crippen LogP) is 4.98. The number of amides is 1. The molecule has 5 nitrogen and oxygen atoms in total. The molecule has 3 heterocycles. The first-order valence-corrected chi connectivity index (χ1v) is 11.5. The highest BCUT2D eigenvalue weighted by molar-refractivity contribution is 6.37. The number of piperazine rings is 1. The van der Waals surface area contributed by atoms with Crippen LogP contribution >= 0.6 is 23.2 Å². The molecule has 2 aliphatic heterocycles. The van der Waals surface area contributed by atoms with E-state index in [1.54, 1.807) is 6.07 Å². The number of pyridine rings is 1. The van der Waals surface area contributed by atoms with Crippen LogP contribution in [0.4, 0.5) is 11.5 Å². The molecule has 1 fully saturated rings. The average molecular weight is 447 g/mol. The fraction of sp³-hybridized carbons (Fsp3) is 0.478. The van der Waals surface area contributed by atoms with Gasteiger partial charge in [0.25, 0.3) is 0 Å². The molecule has 7 heteroatoms. The molecule has 1 aromatic heterocycles. The Morgan fingerprint density at radius 1 is 1.13 bits per heavy atom. The van der Waals surface area contributed by atoms with Crippen LogP contribution in [0.25, 0.3) is 0 Å². The molecule has 1 saturated heterocycles. The highest BCUT2D eigenvalue weighted by Gasteiger charge is 2.45. The molecule has 1 aromatic carbocycles. The van der Waals surface area contributed by atoms with Crippen molar-refractivity contribution in [1.82, 2.24) is 9.88 Å². The SMILES string of the molecule is CCC1(CCCCN2CCN(c3ccccn3)CC2)C(=O)Nc2c(Cl)cc(Cl)cc21. The van der Waals surface area contributed by atoms with Gasteiger partial charge in [0, 0.05) is 37.4 Å². The van der Waals surface area contributed by atoms with Crippen molar-refractivity contribution in [2.24, 2.45) is 0 Å². The molecule has 0 radical (unpaired) electrons. The van der Waals surface area contributed by atoms with Crippen LogP contribution in [-0.2, 0) is 10.2 Å². The molecular weight excluding hydrogens is 419 g/mol. The van der Waals surface area contributed by atoms with E-state index in [1.807, 2.05) is 24.4 Å². The Balaban J connectivity index is 1.30. The summed E-state index contributed by atoms with van der Waals surface area (Å²) in [6.45, 7) is 7.22. The van der Waals surface area contributed by atoms with Crippen molar-refractivity contribution in [1.29, 1.82) is 0 Å². The van der Waals surface area contributed by atoms with Gasteiger partial charge in [-0.1, -0.05) is 42.6 Å². The number of aromatic nitrogens is 1. The molecule has 2 aromatic rings. The van der Waals surface area contributed by atoms with Gasteiger partial charge in [-0.15, -0.1) is 0 Å². The molecule has 1 atom stereocenters. The van der Waals surface area contributed by atoms with Crippen LogP contribution in [0.5, 0.6) is 0 Å². The topological polar surface area (TPSA) is 48.5 Å². The summed E-state index contributed by atoms with van der Waals surface area (Å²) in [5.74, 6) is 1.11. The van der Waals surface area contributed by atoms with Crippen molar-refractivity contribution in [3.8, 4) is 0 Å². The van der Waals surface area contributed by atoms with Crippen LogP contribution in [-0.4, -0.2) is 48.5 Å². The fourth-order valence-electron chi connectivity index (χ4n) is 4.71. The van der Waals surface area contributed by atoms with Crippen molar-refractivity contribution >= 4 is 40.6 Å². The molecule has 2 aliphatic rings. The number of anilines is 2. The van der Waals surface area contributed by atoms with Gasteiger partial charge in [0.2, 0.25) is 5.91 Å². The van der Waals surface area contributed by atoms with Crippen molar-refractivity contribution in [2.75, 3.05) is 42.9 Å². The standard InChI is InChI=1S/C23H28Cl2N4O/c1-2-23(18-15-17(24)16-19(25)21(18)27-22(23)30)8-4-6-10-28-11-13-29(14-12-28)20-7-3-5-9-26-20/h3,5,7,9,15-16H,2,4,6,8,10-14H2,1H3,(H,27,30). The number of carbonyl (C=O) groups is 1. The number of hydrogen-bond acceptors (Lipinski definition) is 4. The van der Waals surface area contributed by atoms with Crippen molar-refractivity contribution in [2.45, 2.75) is 38.0 Å². The summed E-state index contributed by atoms with van der Waals surface area (Å²) in [5, 5.41) is 4.10.